The van der Waals surface area contributed by atoms with E-state index in [0.717, 1.165) is 43.9 Å². The standard InChI is InChI=1S/C18H21FN2O3.C18H23FN2O3.C17H21FN2O3/c1-10(19)15-20-16(23)14-11(9-13(22)24-17(14)21-15)3-2-6-18(7-8-18)12-4-5-12;1-3-6-18(8-9-18)7-4-5-12-10-13(22)24-17-14(12)16(23)20-15(21-17)11(2)19;1-3-4-10-7-11(10)5-6-12-8-13(21)23-17-14(12)16(22)19-15(20-17)9(2)18/h9-10,12H,2-8H2,1H3,(H,20,21,23);10-11H,3-9H2,1-2H3,(H,20,21,23);8-11H,3-7H2,1-2H3,(H,19,20,22). The van der Waals surface area contributed by atoms with Crippen LogP contribution in [-0.2, 0) is 19.3 Å². The molecule has 6 aromatic rings. The molecule has 4 aliphatic carbocycles. The van der Waals surface area contributed by atoms with Crippen LogP contribution in [0.4, 0.5) is 13.2 Å². The number of aryl methyl sites for hydroxylation is 3. The molecule has 4 fully saturated rings. The highest BCUT2D eigenvalue weighted by Crippen LogP contribution is 2.64. The van der Waals surface area contributed by atoms with Gasteiger partial charge in [0.15, 0.2) is 18.5 Å². The zero-order valence-electron chi connectivity index (χ0n) is 41.3. The van der Waals surface area contributed by atoms with Gasteiger partial charge >= 0.3 is 16.9 Å². The number of aromatic amines is 3. The van der Waals surface area contributed by atoms with Crippen molar-refractivity contribution in [3.05, 3.63) is 115 Å². The highest BCUT2D eigenvalue weighted by atomic mass is 19.1. The Morgan fingerprint density at radius 3 is 1.34 bits per heavy atom. The average molecular weight is 987 g/mol. The van der Waals surface area contributed by atoms with Gasteiger partial charge in [-0.3, -0.25) is 14.4 Å². The molecule has 0 radical (unpaired) electrons. The van der Waals surface area contributed by atoms with Gasteiger partial charge in [-0.1, -0.05) is 33.1 Å². The van der Waals surface area contributed by atoms with Crippen molar-refractivity contribution < 1.29 is 26.4 Å². The lowest BCUT2D eigenvalue weighted by molar-refractivity contribution is 0.354. The fourth-order valence-corrected chi connectivity index (χ4v) is 10.7. The Morgan fingerprint density at radius 2 is 0.972 bits per heavy atom. The Balaban J connectivity index is 0.000000143. The summed E-state index contributed by atoms with van der Waals surface area (Å²) in [5.74, 6) is 2.00. The molecule has 6 heterocycles. The fourth-order valence-electron chi connectivity index (χ4n) is 10.7. The number of rotatable bonds is 19. The van der Waals surface area contributed by atoms with E-state index in [1.54, 1.807) is 0 Å². The molecule has 18 heteroatoms. The highest BCUT2D eigenvalue weighted by Gasteiger charge is 2.52. The maximum atomic E-state index is 13.4. The third kappa shape index (κ3) is 12.4. The normalized spacial score (nSPS) is 19.6. The lowest BCUT2D eigenvalue weighted by Crippen LogP contribution is -2.17. The van der Waals surface area contributed by atoms with Crippen molar-refractivity contribution in [2.24, 2.45) is 28.6 Å². The molecule has 5 unspecified atom stereocenters. The van der Waals surface area contributed by atoms with Gasteiger partial charge in [-0.15, -0.1) is 0 Å². The van der Waals surface area contributed by atoms with Gasteiger partial charge in [0.05, 0.1) is 0 Å². The van der Waals surface area contributed by atoms with Crippen LogP contribution >= 0.6 is 0 Å². The summed E-state index contributed by atoms with van der Waals surface area (Å²) in [5, 5.41) is 0.802. The van der Waals surface area contributed by atoms with Crippen LogP contribution in [0.15, 0.2) is 60.2 Å². The third-order valence-corrected chi connectivity index (χ3v) is 15.1. The van der Waals surface area contributed by atoms with Crippen molar-refractivity contribution in [1.82, 2.24) is 29.9 Å². The molecule has 6 aromatic heterocycles. The van der Waals surface area contributed by atoms with Gasteiger partial charge < -0.3 is 28.2 Å². The number of hydrogen-bond donors (Lipinski definition) is 3. The summed E-state index contributed by atoms with van der Waals surface area (Å²) in [4.78, 5) is 91.3. The first-order valence-electron chi connectivity index (χ1n) is 25.5. The number of fused-ring (bicyclic) bond motifs is 3. The molecule has 3 N–H and O–H groups in total. The quantitative estimate of drug-likeness (QED) is 0.0689. The second-order valence-corrected chi connectivity index (χ2v) is 20.7. The maximum absolute atomic E-state index is 13.4. The molecule has 71 heavy (non-hydrogen) atoms. The minimum absolute atomic E-state index is 0.0657. The van der Waals surface area contributed by atoms with Crippen molar-refractivity contribution in [3.63, 3.8) is 0 Å². The monoisotopic (exact) mass is 986 g/mol. The lowest BCUT2D eigenvalue weighted by Gasteiger charge is -2.13. The van der Waals surface area contributed by atoms with Crippen LogP contribution in [0.2, 0.25) is 0 Å². The molecule has 0 bridgehead atoms. The molecule has 10 rings (SSSR count). The number of H-pyrrole nitrogens is 3. The molecule has 0 aromatic carbocycles. The van der Waals surface area contributed by atoms with Crippen LogP contribution in [0.25, 0.3) is 33.3 Å². The van der Waals surface area contributed by atoms with Crippen molar-refractivity contribution >= 4 is 33.3 Å². The van der Waals surface area contributed by atoms with Crippen molar-refractivity contribution in [1.29, 1.82) is 0 Å². The van der Waals surface area contributed by atoms with E-state index in [4.69, 9.17) is 13.3 Å². The molecule has 4 saturated carbocycles. The molecule has 15 nitrogen and oxygen atoms in total. The third-order valence-electron chi connectivity index (χ3n) is 15.1. The maximum Gasteiger partial charge on any atom is 0.337 e. The molecule has 0 amide bonds. The summed E-state index contributed by atoms with van der Waals surface area (Å²) >= 11 is 0. The van der Waals surface area contributed by atoms with Gasteiger partial charge in [0.1, 0.15) is 33.6 Å². The van der Waals surface area contributed by atoms with E-state index < -0.39 is 52.1 Å². The van der Waals surface area contributed by atoms with E-state index in [9.17, 15) is 41.9 Å². The first kappa shape index (κ1) is 51.4. The lowest BCUT2D eigenvalue weighted by atomic mass is 9.92. The van der Waals surface area contributed by atoms with Crippen molar-refractivity contribution in [2.45, 2.75) is 175 Å². The summed E-state index contributed by atoms with van der Waals surface area (Å²) in [7, 11) is 0. The Morgan fingerprint density at radius 1 is 0.563 bits per heavy atom. The average Bonchev–Trinajstić information content (AvgIpc) is 4.07. The Bertz CT molecular complexity index is 3250. The van der Waals surface area contributed by atoms with E-state index in [1.165, 1.54) is 110 Å². The van der Waals surface area contributed by atoms with Gasteiger partial charge in [0, 0.05) is 18.2 Å². The van der Waals surface area contributed by atoms with Gasteiger partial charge in [-0.25, -0.2) is 27.6 Å². The first-order chi connectivity index (χ1) is 33.9. The minimum Gasteiger partial charge on any atom is -0.403 e. The molecular weight excluding hydrogens is 922 g/mol. The van der Waals surface area contributed by atoms with Crippen LogP contribution in [0.1, 0.15) is 190 Å². The Hall–Kier alpha value is -5.94. The number of alkyl halides is 3. The van der Waals surface area contributed by atoms with Gasteiger partial charge in [-0.2, -0.15) is 15.0 Å². The second kappa shape index (κ2) is 21.4. The molecule has 4 aliphatic rings. The molecule has 0 aliphatic heterocycles. The van der Waals surface area contributed by atoms with Crippen LogP contribution in [0.3, 0.4) is 0 Å². The van der Waals surface area contributed by atoms with Crippen molar-refractivity contribution in [3.8, 4) is 0 Å². The largest absolute Gasteiger partial charge is 0.403 e. The van der Waals surface area contributed by atoms with E-state index >= 15 is 0 Å². The zero-order valence-corrected chi connectivity index (χ0v) is 41.3. The summed E-state index contributed by atoms with van der Waals surface area (Å²) in [6, 6.07) is 4.08. The van der Waals surface area contributed by atoms with Gasteiger partial charge in [-0.05, 0) is 169 Å². The second-order valence-electron chi connectivity index (χ2n) is 20.7. The van der Waals surface area contributed by atoms with Crippen LogP contribution in [0, 0.1) is 28.6 Å². The number of nitrogens with one attached hydrogen (secondary N) is 3. The first-order valence-corrected chi connectivity index (χ1v) is 25.5. The smallest absolute Gasteiger partial charge is 0.337 e. The van der Waals surface area contributed by atoms with Crippen LogP contribution in [-0.4, -0.2) is 29.9 Å². The SMILES string of the molecule is CC(F)c1nc2oc(=O)cc(CCCC3(C4CC4)CC3)c2c(=O)[nH]1.CCCC1(CCCc2cc(=O)oc3nc(C(C)F)[nH]c(=O)c23)CC1.CCCC1CC1CCc1cc(=O)oc2nc(C(C)F)[nH]c(=O)c12. The highest BCUT2D eigenvalue weighted by molar-refractivity contribution is 5.77. The van der Waals surface area contributed by atoms with E-state index in [0.29, 0.717) is 52.7 Å². The number of halogens is 3. The van der Waals surface area contributed by atoms with Crippen molar-refractivity contribution in [2.75, 3.05) is 0 Å². The predicted molar refractivity (Wildman–Crippen MR) is 263 cm³/mol. The predicted octanol–water partition coefficient (Wildman–Crippen LogP) is 10.5. The summed E-state index contributed by atoms with van der Waals surface area (Å²) < 4.78 is 55.2. The molecule has 0 saturated heterocycles. The van der Waals surface area contributed by atoms with Crippen LogP contribution in [0.5, 0.6) is 0 Å². The molecule has 0 spiro atoms. The Kier molecular flexibility index (Phi) is 15.5. The molecule has 382 valence electrons. The molecule has 5 atom stereocenters. The number of nitrogens with zero attached hydrogens (tertiary/aromatic N) is 3. The van der Waals surface area contributed by atoms with E-state index in [-0.39, 0.29) is 50.8 Å². The Labute approximate surface area is 406 Å². The summed E-state index contributed by atoms with van der Waals surface area (Å²) in [6.07, 6.45) is 16.6. The van der Waals surface area contributed by atoms with Crippen LogP contribution < -0.4 is 33.6 Å². The zero-order chi connectivity index (χ0) is 50.8. The van der Waals surface area contributed by atoms with E-state index in [1.807, 2.05) is 0 Å². The number of aromatic nitrogens is 6. The minimum atomic E-state index is -1.43. The molecular formula is C53H65F3N6O9. The van der Waals surface area contributed by atoms with E-state index in [2.05, 4.69) is 43.8 Å². The summed E-state index contributed by atoms with van der Waals surface area (Å²) in [5.41, 5.74) is -0.254. The topological polar surface area (TPSA) is 228 Å². The fraction of sp³-hybridized carbons (Fsp3) is 0.604. The summed E-state index contributed by atoms with van der Waals surface area (Å²) in [6.45, 7) is 8.20. The van der Waals surface area contributed by atoms with Gasteiger partial charge in [0.2, 0.25) is 17.1 Å². The number of hydrogen-bond acceptors (Lipinski definition) is 12. The van der Waals surface area contributed by atoms with Gasteiger partial charge in [0.25, 0.3) is 16.7 Å².